The Morgan fingerprint density at radius 1 is 1.41 bits per heavy atom. The fourth-order valence-electron chi connectivity index (χ4n) is 2.53. The molecule has 7 heteroatoms. The molecule has 2 aromatic rings. The number of nitrogens with zero attached hydrogens (tertiary/aromatic N) is 2. The van der Waals surface area contributed by atoms with Gasteiger partial charge >= 0.3 is 0 Å². The molecule has 5 nitrogen and oxygen atoms in total. The number of benzene rings is 1. The monoisotopic (exact) mass is 323 g/mol. The summed E-state index contributed by atoms with van der Waals surface area (Å²) in [5.41, 5.74) is 1.10. The predicted molar refractivity (Wildman–Crippen MR) is 80.5 cm³/mol. The van der Waals surface area contributed by atoms with Crippen LogP contribution in [-0.4, -0.2) is 24.5 Å². The highest BCUT2D eigenvalue weighted by molar-refractivity contribution is 7.89. The fraction of sp³-hybridized carbons (Fsp3) is 0.400. The number of hydrogen-bond acceptors (Lipinski definition) is 3. The summed E-state index contributed by atoms with van der Waals surface area (Å²) in [6.07, 6.45) is 4.63. The number of sulfonamides is 1. The van der Waals surface area contributed by atoms with Gasteiger partial charge in [-0.05, 0) is 38.0 Å². The van der Waals surface area contributed by atoms with Gasteiger partial charge in [-0.15, -0.1) is 0 Å². The van der Waals surface area contributed by atoms with E-state index in [0.717, 1.165) is 30.4 Å². The van der Waals surface area contributed by atoms with Crippen molar-refractivity contribution in [3.63, 3.8) is 0 Å². The van der Waals surface area contributed by atoms with Crippen LogP contribution >= 0.6 is 0 Å². The Labute approximate surface area is 129 Å². The van der Waals surface area contributed by atoms with Gasteiger partial charge in [0.2, 0.25) is 10.0 Å². The van der Waals surface area contributed by atoms with Gasteiger partial charge in [-0.1, -0.05) is 6.07 Å². The number of rotatable bonds is 6. The van der Waals surface area contributed by atoms with E-state index < -0.39 is 15.8 Å². The van der Waals surface area contributed by atoms with Crippen molar-refractivity contribution in [2.24, 2.45) is 0 Å². The molecular weight excluding hydrogens is 305 g/mol. The van der Waals surface area contributed by atoms with Gasteiger partial charge in [0.1, 0.15) is 11.6 Å². The van der Waals surface area contributed by atoms with E-state index in [9.17, 15) is 12.8 Å². The Hall–Kier alpha value is -1.73. The van der Waals surface area contributed by atoms with Crippen LogP contribution in [0.1, 0.15) is 30.4 Å². The third kappa shape index (κ3) is 3.20. The largest absolute Gasteiger partial charge is 0.329 e. The minimum absolute atomic E-state index is 0.0609. The van der Waals surface area contributed by atoms with Crippen LogP contribution in [0.4, 0.5) is 4.39 Å². The quantitative estimate of drug-likeness (QED) is 0.886. The highest BCUT2D eigenvalue weighted by Crippen LogP contribution is 2.36. The number of halogens is 1. The maximum atomic E-state index is 13.1. The van der Waals surface area contributed by atoms with Gasteiger partial charge in [-0.25, -0.2) is 22.5 Å². The summed E-state index contributed by atoms with van der Waals surface area (Å²) in [6.45, 7) is 2.24. The molecule has 22 heavy (non-hydrogen) atoms. The molecule has 0 aliphatic heterocycles. The lowest BCUT2D eigenvalue weighted by atomic mass is 10.4. The minimum atomic E-state index is -3.69. The first-order valence-electron chi connectivity index (χ1n) is 7.25. The van der Waals surface area contributed by atoms with E-state index in [1.165, 1.54) is 18.2 Å². The number of imidazole rings is 1. The van der Waals surface area contributed by atoms with E-state index in [4.69, 9.17) is 0 Å². The molecule has 0 radical (unpaired) electrons. The Balaban J connectivity index is 1.66. The van der Waals surface area contributed by atoms with Crippen LogP contribution in [0.15, 0.2) is 35.4 Å². The van der Waals surface area contributed by atoms with Gasteiger partial charge in [0, 0.05) is 30.9 Å². The van der Waals surface area contributed by atoms with Crippen LogP contribution in [-0.2, 0) is 16.4 Å². The molecule has 1 aromatic carbocycles. The second-order valence-corrected chi connectivity index (χ2v) is 7.29. The van der Waals surface area contributed by atoms with Crippen molar-refractivity contribution in [2.75, 3.05) is 6.54 Å². The first-order valence-corrected chi connectivity index (χ1v) is 8.73. The molecule has 0 saturated heterocycles. The van der Waals surface area contributed by atoms with E-state index in [0.29, 0.717) is 12.5 Å². The molecule has 1 aliphatic rings. The van der Waals surface area contributed by atoms with E-state index >= 15 is 0 Å². The lowest BCUT2D eigenvalue weighted by molar-refractivity contribution is 0.574. The molecule has 3 rings (SSSR count). The SMILES string of the molecule is Cc1cnc(CCNS(=O)(=O)c2cccc(F)c2)n1C1CC1. The molecule has 0 bridgehead atoms. The molecule has 1 saturated carbocycles. The Bertz CT molecular complexity index is 782. The highest BCUT2D eigenvalue weighted by atomic mass is 32.2. The van der Waals surface area contributed by atoms with E-state index in [2.05, 4.69) is 14.3 Å². The fourth-order valence-corrected chi connectivity index (χ4v) is 3.59. The molecular formula is C15H18FN3O2S. The van der Waals surface area contributed by atoms with Crippen molar-refractivity contribution in [3.8, 4) is 0 Å². The maximum Gasteiger partial charge on any atom is 0.240 e. The van der Waals surface area contributed by atoms with Gasteiger partial charge in [0.05, 0.1) is 4.90 Å². The number of aromatic nitrogens is 2. The smallest absolute Gasteiger partial charge is 0.240 e. The lowest BCUT2D eigenvalue weighted by Crippen LogP contribution is -2.26. The predicted octanol–water partition coefficient (Wildman–Crippen LogP) is 2.19. The Kier molecular flexibility index (Phi) is 4.01. The first kappa shape index (κ1) is 15.2. The number of hydrogen-bond donors (Lipinski definition) is 1. The summed E-state index contributed by atoms with van der Waals surface area (Å²) in [6, 6.07) is 5.50. The summed E-state index contributed by atoms with van der Waals surface area (Å²) < 4.78 is 42.0. The van der Waals surface area contributed by atoms with E-state index in [1.807, 2.05) is 13.1 Å². The molecule has 0 unspecified atom stereocenters. The molecule has 0 spiro atoms. The molecule has 1 fully saturated rings. The Morgan fingerprint density at radius 2 is 2.18 bits per heavy atom. The van der Waals surface area contributed by atoms with Crippen LogP contribution in [0.2, 0.25) is 0 Å². The van der Waals surface area contributed by atoms with Crippen molar-refractivity contribution in [1.82, 2.24) is 14.3 Å². The minimum Gasteiger partial charge on any atom is -0.329 e. The maximum absolute atomic E-state index is 13.1. The highest BCUT2D eigenvalue weighted by Gasteiger charge is 2.27. The zero-order chi connectivity index (χ0) is 15.7. The third-order valence-electron chi connectivity index (χ3n) is 3.72. The van der Waals surface area contributed by atoms with Crippen molar-refractivity contribution in [2.45, 2.75) is 37.1 Å². The molecule has 1 heterocycles. The average molecular weight is 323 g/mol. The average Bonchev–Trinajstić information content (AvgIpc) is 3.23. The van der Waals surface area contributed by atoms with Crippen molar-refractivity contribution in [1.29, 1.82) is 0 Å². The van der Waals surface area contributed by atoms with Gasteiger partial charge in [0.25, 0.3) is 0 Å². The molecule has 0 atom stereocenters. The molecule has 118 valence electrons. The van der Waals surface area contributed by atoms with Crippen LogP contribution < -0.4 is 4.72 Å². The van der Waals surface area contributed by atoms with Crippen molar-refractivity contribution in [3.05, 3.63) is 47.8 Å². The van der Waals surface area contributed by atoms with Crippen molar-refractivity contribution < 1.29 is 12.8 Å². The first-order chi connectivity index (χ1) is 10.5. The van der Waals surface area contributed by atoms with Crippen LogP contribution in [0, 0.1) is 12.7 Å². The molecule has 1 N–H and O–H groups in total. The van der Waals surface area contributed by atoms with Gasteiger partial charge in [0.15, 0.2) is 0 Å². The van der Waals surface area contributed by atoms with Crippen LogP contribution in [0.3, 0.4) is 0 Å². The van der Waals surface area contributed by atoms with Gasteiger partial charge in [-0.2, -0.15) is 0 Å². The van der Waals surface area contributed by atoms with Crippen LogP contribution in [0.25, 0.3) is 0 Å². The van der Waals surface area contributed by atoms with Gasteiger partial charge < -0.3 is 4.57 Å². The summed E-state index contributed by atoms with van der Waals surface area (Å²) in [7, 11) is -3.69. The summed E-state index contributed by atoms with van der Waals surface area (Å²) in [5.74, 6) is 0.324. The van der Waals surface area contributed by atoms with Crippen LogP contribution in [0.5, 0.6) is 0 Å². The van der Waals surface area contributed by atoms with Gasteiger partial charge in [-0.3, -0.25) is 0 Å². The summed E-state index contributed by atoms with van der Waals surface area (Å²) in [4.78, 5) is 4.29. The second kappa shape index (κ2) is 5.81. The lowest BCUT2D eigenvalue weighted by Gasteiger charge is -2.10. The van der Waals surface area contributed by atoms with E-state index in [-0.39, 0.29) is 11.4 Å². The molecule has 1 aliphatic carbocycles. The third-order valence-corrected chi connectivity index (χ3v) is 5.18. The zero-order valence-electron chi connectivity index (χ0n) is 12.3. The standard InChI is InChI=1S/C15H18FN3O2S/c1-11-10-17-15(19(11)13-5-6-13)7-8-18-22(20,21)14-4-2-3-12(16)9-14/h2-4,9-10,13,18H,5-8H2,1H3. The normalized spacial score (nSPS) is 15.2. The zero-order valence-corrected chi connectivity index (χ0v) is 13.1. The molecule has 1 aromatic heterocycles. The summed E-state index contributed by atoms with van der Waals surface area (Å²) >= 11 is 0. The second-order valence-electron chi connectivity index (χ2n) is 5.52. The number of nitrogens with one attached hydrogen (secondary N) is 1. The molecule has 0 amide bonds. The van der Waals surface area contributed by atoms with Crippen molar-refractivity contribution >= 4 is 10.0 Å². The topological polar surface area (TPSA) is 64.0 Å². The number of aryl methyl sites for hydroxylation is 1. The Morgan fingerprint density at radius 3 is 2.86 bits per heavy atom. The summed E-state index contributed by atoms with van der Waals surface area (Å²) in [5, 5.41) is 0. The van der Waals surface area contributed by atoms with E-state index in [1.54, 1.807) is 0 Å².